The van der Waals surface area contributed by atoms with Crippen molar-refractivity contribution in [2.45, 2.75) is 58.9 Å². The van der Waals surface area contributed by atoms with Crippen molar-refractivity contribution in [2.75, 3.05) is 27.2 Å². The molecular weight excluding hydrogens is 196 g/mol. The van der Waals surface area contributed by atoms with Crippen LogP contribution in [0.4, 0.5) is 0 Å². The van der Waals surface area contributed by atoms with Gasteiger partial charge in [-0.3, -0.25) is 0 Å². The molecule has 0 aliphatic carbocycles. The predicted molar refractivity (Wildman–Crippen MR) is 73.9 cm³/mol. The van der Waals surface area contributed by atoms with Gasteiger partial charge in [-0.25, -0.2) is 0 Å². The Morgan fingerprint density at radius 3 is 2.00 bits per heavy atom. The minimum absolute atomic E-state index is 0.661. The molecule has 0 aromatic carbocycles. The molecule has 0 heterocycles. The molecular formula is C14H32N2. The zero-order chi connectivity index (χ0) is 12.4. The van der Waals surface area contributed by atoms with E-state index in [-0.39, 0.29) is 0 Å². The van der Waals surface area contributed by atoms with Gasteiger partial charge in [0.15, 0.2) is 0 Å². The first-order chi connectivity index (χ1) is 7.54. The molecule has 0 aliphatic heterocycles. The standard InChI is InChI=1S/C14H32N2/c1-13(2)14(3)15-11-9-7-6-8-10-12-16(4)5/h13-15H,6-12H2,1-5H3. The zero-order valence-corrected chi connectivity index (χ0v) is 12.1. The lowest BCUT2D eigenvalue weighted by Gasteiger charge is -2.17. The summed E-state index contributed by atoms with van der Waals surface area (Å²) in [6.07, 6.45) is 6.84. The van der Waals surface area contributed by atoms with Crippen molar-refractivity contribution in [3.8, 4) is 0 Å². The number of nitrogens with one attached hydrogen (secondary N) is 1. The second-order valence-electron chi connectivity index (χ2n) is 5.56. The summed E-state index contributed by atoms with van der Waals surface area (Å²) >= 11 is 0. The quantitative estimate of drug-likeness (QED) is 0.578. The lowest BCUT2D eigenvalue weighted by atomic mass is 10.1. The van der Waals surface area contributed by atoms with Crippen molar-refractivity contribution in [1.82, 2.24) is 10.2 Å². The van der Waals surface area contributed by atoms with Gasteiger partial charge in [0.25, 0.3) is 0 Å². The van der Waals surface area contributed by atoms with E-state index in [0.717, 1.165) is 5.92 Å². The van der Waals surface area contributed by atoms with Crippen LogP contribution in [0.15, 0.2) is 0 Å². The van der Waals surface area contributed by atoms with Crippen LogP contribution in [-0.2, 0) is 0 Å². The van der Waals surface area contributed by atoms with Crippen LogP contribution in [0.1, 0.15) is 52.9 Å². The van der Waals surface area contributed by atoms with Gasteiger partial charge in [0.05, 0.1) is 0 Å². The first kappa shape index (κ1) is 15.9. The predicted octanol–water partition coefficient (Wildman–Crippen LogP) is 3.13. The number of hydrogen-bond acceptors (Lipinski definition) is 2. The second-order valence-corrected chi connectivity index (χ2v) is 5.56. The molecule has 16 heavy (non-hydrogen) atoms. The summed E-state index contributed by atoms with van der Waals surface area (Å²) < 4.78 is 0. The van der Waals surface area contributed by atoms with Crippen LogP contribution >= 0.6 is 0 Å². The molecule has 98 valence electrons. The molecule has 0 rings (SSSR count). The Morgan fingerprint density at radius 2 is 1.44 bits per heavy atom. The second kappa shape index (κ2) is 10.1. The Balaban J connectivity index is 3.10. The molecule has 2 nitrogen and oxygen atoms in total. The van der Waals surface area contributed by atoms with E-state index in [2.05, 4.69) is 45.1 Å². The van der Waals surface area contributed by atoms with Crippen LogP contribution in [0.2, 0.25) is 0 Å². The molecule has 0 bridgehead atoms. The average Bonchev–Trinajstić information content (AvgIpc) is 2.21. The van der Waals surface area contributed by atoms with Gasteiger partial charge >= 0.3 is 0 Å². The lowest BCUT2D eigenvalue weighted by Crippen LogP contribution is -2.31. The van der Waals surface area contributed by atoms with Crippen LogP contribution in [-0.4, -0.2) is 38.1 Å². The highest BCUT2D eigenvalue weighted by Crippen LogP contribution is 2.04. The summed E-state index contributed by atoms with van der Waals surface area (Å²) in [5.74, 6) is 0.750. The van der Waals surface area contributed by atoms with Gasteiger partial charge in [-0.2, -0.15) is 0 Å². The van der Waals surface area contributed by atoms with Gasteiger partial charge in [-0.1, -0.05) is 33.1 Å². The third-order valence-corrected chi connectivity index (χ3v) is 3.25. The van der Waals surface area contributed by atoms with Gasteiger partial charge in [-0.05, 0) is 52.9 Å². The van der Waals surface area contributed by atoms with Crippen molar-refractivity contribution in [3.63, 3.8) is 0 Å². The summed E-state index contributed by atoms with van der Waals surface area (Å²) in [5, 5.41) is 3.58. The van der Waals surface area contributed by atoms with Gasteiger partial charge in [0, 0.05) is 6.04 Å². The molecule has 0 aliphatic rings. The van der Waals surface area contributed by atoms with Crippen molar-refractivity contribution in [3.05, 3.63) is 0 Å². The molecule has 0 aromatic rings. The van der Waals surface area contributed by atoms with Crippen LogP contribution in [0.25, 0.3) is 0 Å². The average molecular weight is 228 g/mol. The highest BCUT2D eigenvalue weighted by atomic mass is 15.0. The molecule has 1 atom stereocenters. The van der Waals surface area contributed by atoms with Gasteiger partial charge in [0.1, 0.15) is 0 Å². The molecule has 0 radical (unpaired) electrons. The monoisotopic (exact) mass is 228 g/mol. The summed E-state index contributed by atoms with van der Waals surface area (Å²) in [5.41, 5.74) is 0. The molecule has 0 aromatic heterocycles. The SMILES string of the molecule is CC(C)C(C)NCCCCCCCN(C)C. The fourth-order valence-corrected chi connectivity index (χ4v) is 1.65. The van der Waals surface area contributed by atoms with E-state index in [0.29, 0.717) is 6.04 Å². The molecule has 0 spiro atoms. The summed E-state index contributed by atoms with van der Waals surface area (Å²) in [6.45, 7) is 9.26. The Morgan fingerprint density at radius 1 is 0.875 bits per heavy atom. The summed E-state index contributed by atoms with van der Waals surface area (Å²) in [7, 11) is 4.30. The van der Waals surface area contributed by atoms with Crippen LogP contribution in [0.5, 0.6) is 0 Å². The van der Waals surface area contributed by atoms with Crippen molar-refractivity contribution < 1.29 is 0 Å². The zero-order valence-electron chi connectivity index (χ0n) is 12.1. The first-order valence-electron chi connectivity index (χ1n) is 6.92. The molecule has 2 heteroatoms. The molecule has 0 fully saturated rings. The smallest absolute Gasteiger partial charge is 0.00617 e. The molecule has 0 amide bonds. The normalized spacial score (nSPS) is 13.7. The number of rotatable bonds is 10. The number of hydrogen-bond donors (Lipinski definition) is 1. The highest BCUT2D eigenvalue weighted by molar-refractivity contribution is 4.63. The summed E-state index contributed by atoms with van der Waals surface area (Å²) in [4.78, 5) is 2.27. The minimum atomic E-state index is 0.661. The van der Waals surface area contributed by atoms with Crippen molar-refractivity contribution >= 4 is 0 Å². The van der Waals surface area contributed by atoms with Crippen LogP contribution in [0.3, 0.4) is 0 Å². The molecule has 0 saturated heterocycles. The first-order valence-corrected chi connectivity index (χ1v) is 6.92. The number of unbranched alkanes of at least 4 members (excludes halogenated alkanes) is 4. The third-order valence-electron chi connectivity index (χ3n) is 3.25. The maximum absolute atomic E-state index is 3.58. The van der Waals surface area contributed by atoms with E-state index in [1.165, 1.54) is 45.2 Å². The highest BCUT2D eigenvalue weighted by Gasteiger charge is 2.04. The summed E-state index contributed by atoms with van der Waals surface area (Å²) in [6, 6.07) is 0.661. The van der Waals surface area contributed by atoms with E-state index in [1.807, 2.05) is 0 Å². The fraction of sp³-hybridized carbons (Fsp3) is 1.00. The Kier molecular flexibility index (Phi) is 10.0. The Bertz CT molecular complexity index is 144. The largest absolute Gasteiger partial charge is 0.314 e. The van der Waals surface area contributed by atoms with E-state index < -0.39 is 0 Å². The topological polar surface area (TPSA) is 15.3 Å². The van der Waals surface area contributed by atoms with Gasteiger partial charge in [-0.15, -0.1) is 0 Å². The fourth-order valence-electron chi connectivity index (χ4n) is 1.65. The van der Waals surface area contributed by atoms with Crippen LogP contribution in [0, 0.1) is 5.92 Å². The Hall–Kier alpha value is -0.0800. The van der Waals surface area contributed by atoms with E-state index in [4.69, 9.17) is 0 Å². The van der Waals surface area contributed by atoms with Gasteiger partial charge in [0.2, 0.25) is 0 Å². The van der Waals surface area contributed by atoms with E-state index in [1.54, 1.807) is 0 Å². The maximum Gasteiger partial charge on any atom is 0.00617 e. The maximum atomic E-state index is 3.58. The Labute approximate surface area is 103 Å². The van der Waals surface area contributed by atoms with Crippen molar-refractivity contribution in [1.29, 1.82) is 0 Å². The molecule has 1 unspecified atom stereocenters. The van der Waals surface area contributed by atoms with Crippen molar-refractivity contribution in [2.24, 2.45) is 5.92 Å². The van der Waals surface area contributed by atoms with Crippen LogP contribution < -0.4 is 5.32 Å². The molecule has 1 N–H and O–H groups in total. The lowest BCUT2D eigenvalue weighted by molar-refractivity contribution is 0.387. The number of nitrogens with zero attached hydrogens (tertiary/aromatic N) is 1. The minimum Gasteiger partial charge on any atom is -0.314 e. The van der Waals surface area contributed by atoms with Gasteiger partial charge < -0.3 is 10.2 Å². The third kappa shape index (κ3) is 10.4. The molecule has 0 saturated carbocycles. The van der Waals surface area contributed by atoms with E-state index in [9.17, 15) is 0 Å². The van der Waals surface area contributed by atoms with E-state index >= 15 is 0 Å².